The molecule has 3 amide bonds. The van der Waals surface area contributed by atoms with Gasteiger partial charge < -0.3 is 34.9 Å². The number of nitrogens with zero attached hydrogens (tertiary/aromatic N) is 5. The van der Waals surface area contributed by atoms with Crippen molar-refractivity contribution in [3.8, 4) is 28.0 Å². The van der Waals surface area contributed by atoms with Gasteiger partial charge in [-0.1, -0.05) is 82.6 Å². The van der Waals surface area contributed by atoms with Crippen molar-refractivity contribution in [1.82, 2.24) is 30.5 Å². The molecule has 4 N–H and O–H groups in total. The number of benzene rings is 3. The predicted octanol–water partition coefficient (Wildman–Crippen LogP) is 7.08. The fourth-order valence-electron chi connectivity index (χ4n) is 7.97. The Morgan fingerprint density at radius 2 is 1.69 bits per heavy atom. The number of rotatable bonds is 22. The van der Waals surface area contributed by atoms with Crippen LogP contribution in [0.5, 0.6) is 11.5 Å². The SMILES string of the molecule is Cc1ncsc1-c1ccc(CNC(=O)[C@@H]2C[C@@H](O)CN2C(=O)[C@@H](NC(=O)COCCCCCOc2c(Cl)cc(C(C)(C)c3ccc(OCc4ccnc(NS(C)(=O)=O)n4)cc3)cc2C#N)C(C)(C)C)cc1. The smallest absolute Gasteiger partial charge is 0.246 e. The van der Waals surface area contributed by atoms with E-state index in [9.17, 15) is 33.2 Å². The van der Waals surface area contributed by atoms with Crippen LogP contribution in [0.25, 0.3) is 10.4 Å². The van der Waals surface area contributed by atoms with Crippen LogP contribution in [-0.2, 0) is 47.7 Å². The van der Waals surface area contributed by atoms with Crippen molar-refractivity contribution in [3.63, 3.8) is 0 Å². The fraction of sp³-hybridized carbons (Fsp3) is 0.431. The summed E-state index contributed by atoms with van der Waals surface area (Å²) in [5.74, 6) is -0.483. The van der Waals surface area contributed by atoms with Gasteiger partial charge in [0.1, 0.15) is 37.1 Å². The van der Waals surface area contributed by atoms with Gasteiger partial charge in [0, 0.05) is 37.7 Å². The van der Waals surface area contributed by atoms with Crippen LogP contribution in [0.15, 0.2) is 78.4 Å². The molecule has 0 saturated carbocycles. The molecule has 6 rings (SSSR count). The van der Waals surface area contributed by atoms with Crippen molar-refractivity contribution in [1.29, 1.82) is 5.26 Å². The van der Waals surface area contributed by atoms with Crippen LogP contribution in [0, 0.1) is 23.7 Å². The number of amides is 3. The van der Waals surface area contributed by atoms with Crippen LogP contribution in [-0.4, -0.2) is 102 Å². The number of ether oxygens (including phenoxy) is 3. The van der Waals surface area contributed by atoms with E-state index in [1.54, 1.807) is 35.0 Å². The van der Waals surface area contributed by atoms with E-state index in [2.05, 4.69) is 36.4 Å². The van der Waals surface area contributed by atoms with E-state index in [1.165, 1.54) is 11.1 Å². The standard InChI is InChI=1S/C51H61ClN8O9S2/c1-32-45(70-31-56-32)34-13-11-33(12-14-34)27-55-47(63)42-25-39(61)28-60(42)48(64)46(50(2,3)4)58-43(62)30-67-21-9-8-10-22-68-44-35(26-53)23-37(24-41(44)52)51(5,6)36-15-17-40(18-16-36)69-29-38-19-20-54-49(57-38)59-71(7,65)66/h11-20,23-24,31,39,42,46,61H,8-10,21-22,25,27-30H2,1-7H3,(H,55,63)(H,58,62)(H,54,57,59)/t39-,42+,46-/m1/s1. The van der Waals surface area contributed by atoms with Gasteiger partial charge in [-0.15, -0.1) is 11.3 Å². The lowest BCUT2D eigenvalue weighted by Crippen LogP contribution is -2.58. The van der Waals surface area contributed by atoms with Gasteiger partial charge in [0.2, 0.25) is 33.7 Å². The predicted molar refractivity (Wildman–Crippen MR) is 271 cm³/mol. The molecule has 3 heterocycles. The third kappa shape index (κ3) is 14.9. The Morgan fingerprint density at radius 3 is 2.35 bits per heavy atom. The third-order valence-corrected chi connectivity index (χ3v) is 13.8. The van der Waals surface area contributed by atoms with Crippen LogP contribution < -0.4 is 24.8 Å². The number of sulfonamides is 1. The zero-order valence-electron chi connectivity index (χ0n) is 41.0. The molecule has 3 atom stereocenters. The number of aromatic nitrogens is 3. The van der Waals surface area contributed by atoms with Gasteiger partial charge in [0.15, 0.2) is 5.75 Å². The largest absolute Gasteiger partial charge is 0.491 e. The Hall–Kier alpha value is -6.17. The molecule has 5 aromatic rings. The number of likely N-dealkylation sites (tertiary alicyclic amines) is 1. The number of hydrogen-bond acceptors (Lipinski definition) is 14. The minimum atomic E-state index is -3.52. The first kappa shape index (κ1) is 54.2. The highest BCUT2D eigenvalue weighted by Crippen LogP contribution is 2.39. The number of aliphatic hydroxyl groups is 1. The van der Waals surface area contributed by atoms with Crippen LogP contribution in [0.2, 0.25) is 5.02 Å². The highest BCUT2D eigenvalue weighted by atomic mass is 35.5. The highest BCUT2D eigenvalue weighted by molar-refractivity contribution is 7.92. The first-order valence-electron chi connectivity index (χ1n) is 23.2. The molecule has 0 spiro atoms. The molecule has 378 valence electrons. The maximum absolute atomic E-state index is 14.0. The number of carbonyl (C=O) groups excluding carboxylic acids is 3. The summed E-state index contributed by atoms with van der Waals surface area (Å²) >= 11 is 8.30. The summed E-state index contributed by atoms with van der Waals surface area (Å²) in [7, 11) is -3.52. The van der Waals surface area contributed by atoms with E-state index in [4.69, 9.17) is 25.8 Å². The van der Waals surface area contributed by atoms with E-state index in [0.29, 0.717) is 53.6 Å². The van der Waals surface area contributed by atoms with E-state index < -0.39 is 50.9 Å². The van der Waals surface area contributed by atoms with E-state index in [0.717, 1.165) is 39.1 Å². The van der Waals surface area contributed by atoms with E-state index >= 15 is 0 Å². The van der Waals surface area contributed by atoms with Crippen LogP contribution in [0.1, 0.15) is 93.9 Å². The number of anilines is 1. The Morgan fingerprint density at radius 1 is 0.972 bits per heavy atom. The lowest BCUT2D eigenvalue weighted by atomic mass is 9.77. The van der Waals surface area contributed by atoms with Gasteiger partial charge in [-0.2, -0.15) is 5.26 Å². The number of nitrogens with one attached hydrogen (secondary N) is 3. The van der Waals surface area contributed by atoms with Crippen molar-refractivity contribution in [2.45, 2.75) is 104 Å². The molecular formula is C51H61ClN8O9S2. The number of β-amino-alcohol motifs (C(OH)–C–C–N with tert-alkyl or cyclic N) is 1. The van der Waals surface area contributed by atoms with Crippen LogP contribution in [0.3, 0.4) is 0 Å². The molecule has 20 heteroatoms. The number of nitriles is 1. The van der Waals surface area contributed by atoms with Gasteiger partial charge in [-0.05, 0) is 84.2 Å². The second-order valence-electron chi connectivity index (χ2n) is 19.0. The molecule has 0 bridgehead atoms. The minimum Gasteiger partial charge on any atom is -0.491 e. The molecule has 1 aliphatic rings. The molecular weight excluding hydrogens is 968 g/mol. The number of aliphatic hydroxyl groups excluding tert-OH is 1. The molecule has 1 saturated heterocycles. The zero-order valence-corrected chi connectivity index (χ0v) is 43.3. The topological polar surface area (TPSA) is 235 Å². The second-order valence-corrected chi connectivity index (χ2v) is 22.0. The van der Waals surface area contributed by atoms with Crippen molar-refractivity contribution < 1.29 is 42.1 Å². The number of thiazole rings is 1. The lowest BCUT2D eigenvalue weighted by molar-refractivity contribution is -0.144. The first-order valence-corrected chi connectivity index (χ1v) is 26.3. The molecule has 0 aliphatic carbocycles. The Kier molecular flexibility index (Phi) is 18.2. The van der Waals surface area contributed by atoms with Gasteiger partial charge in [-0.3, -0.25) is 19.1 Å². The highest BCUT2D eigenvalue weighted by Gasteiger charge is 2.44. The monoisotopic (exact) mass is 1030 g/mol. The zero-order chi connectivity index (χ0) is 51.5. The minimum absolute atomic E-state index is 0.0306. The summed E-state index contributed by atoms with van der Waals surface area (Å²) in [6, 6.07) is 20.9. The first-order chi connectivity index (χ1) is 33.6. The molecule has 3 aromatic carbocycles. The second kappa shape index (κ2) is 23.8. The Balaban J connectivity index is 0.922. The van der Waals surface area contributed by atoms with Gasteiger partial charge in [-0.25, -0.2) is 23.4 Å². The summed E-state index contributed by atoms with van der Waals surface area (Å²) in [5, 5.41) is 26.7. The quantitative estimate of drug-likeness (QED) is 0.0508. The lowest BCUT2D eigenvalue weighted by Gasteiger charge is -2.35. The third-order valence-electron chi connectivity index (χ3n) is 12.0. The average Bonchev–Trinajstić information content (AvgIpc) is 3.94. The number of hydrogen-bond donors (Lipinski definition) is 4. The van der Waals surface area contributed by atoms with Crippen molar-refractivity contribution in [3.05, 3.63) is 117 Å². The summed E-state index contributed by atoms with van der Waals surface area (Å²) < 4.78 is 42.9. The van der Waals surface area contributed by atoms with Crippen LogP contribution >= 0.6 is 22.9 Å². The average molecular weight is 1030 g/mol. The fourth-order valence-corrected chi connectivity index (χ4v) is 9.49. The maximum atomic E-state index is 14.0. The molecule has 17 nitrogen and oxygen atoms in total. The number of aryl methyl sites for hydroxylation is 1. The van der Waals surface area contributed by atoms with Gasteiger partial charge in [0.05, 0.1) is 51.3 Å². The van der Waals surface area contributed by atoms with E-state index in [-0.39, 0.29) is 51.2 Å². The Labute approximate surface area is 424 Å². The van der Waals surface area contributed by atoms with Crippen molar-refractivity contribution in [2.75, 3.05) is 37.3 Å². The maximum Gasteiger partial charge on any atom is 0.246 e. The van der Waals surface area contributed by atoms with Gasteiger partial charge >= 0.3 is 0 Å². The summed E-state index contributed by atoms with van der Waals surface area (Å²) in [6.07, 6.45) is 3.61. The molecule has 1 aliphatic heterocycles. The summed E-state index contributed by atoms with van der Waals surface area (Å²) in [6.45, 7) is 12.1. The molecule has 0 unspecified atom stereocenters. The van der Waals surface area contributed by atoms with Crippen molar-refractivity contribution in [2.24, 2.45) is 5.41 Å². The summed E-state index contributed by atoms with van der Waals surface area (Å²) in [4.78, 5) is 55.4. The number of halogens is 1. The van der Waals surface area contributed by atoms with Gasteiger partial charge in [0.25, 0.3) is 0 Å². The Bertz CT molecular complexity index is 2810. The number of carbonyl (C=O) groups is 3. The molecule has 71 heavy (non-hydrogen) atoms. The summed E-state index contributed by atoms with van der Waals surface area (Å²) in [5.41, 5.74) is 5.95. The van der Waals surface area contributed by atoms with E-state index in [1.807, 2.05) is 90.1 Å². The van der Waals surface area contributed by atoms with Crippen molar-refractivity contribution >= 4 is 56.6 Å². The molecule has 2 aromatic heterocycles. The number of unbranched alkanes of at least 4 members (excludes halogenated alkanes) is 2. The normalized spacial score (nSPS) is 15.4. The molecule has 0 radical (unpaired) electrons. The molecule has 1 fully saturated rings. The van der Waals surface area contributed by atoms with Crippen LogP contribution in [0.4, 0.5) is 5.95 Å².